The van der Waals surface area contributed by atoms with Crippen molar-refractivity contribution in [3.05, 3.63) is 77.0 Å². The van der Waals surface area contributed by atoms with Gasteiger partial charge in [-0.15, -0.1) is 0 Å². The lowest BCUT2D eigenvalue weighted by molar-refractivity contribution is -0.145. The van der Waals surface area contributed by atoms with Crippen molar-refractivity contribution in [2.75, 3.05) is 26.3 Å². The Balaban J connectivity index is 1.68. The van der Waals surface area contributed by atoms with Crippen LogP contribution in [0, 0.1) is 13.8 Å². The lowest BCUT2D eigenvalue weighted by atomic mass is 10.0. The van der Waals surface area contributed by atoms with Crippen molar-refractivity contribution >= 4 is 22.8 Å². The molecule has 0 unspecified atom stereocenters. The SMILES string of the molecule is Cc1nc2ccccc2c(C)c1C(=O)O[C@@H](C(=O)N1CCOCC1)c1ccccc1. The number of rotatable bonds is 4. The molecule has 2 aromatic carbocycles. The zero-order valence-electron chi connectivity index (χ0n) is 17.1. The second kappa shape index (κ2) is 8.63. The van der Waals surface area contributed by atoms with Gasteiger partial charge in [-0.1, -0.05) is 48.5 Å². The zero-order chi connectivity index (χ0) is 21.1. The van der Waals surface area contributed by atoms with Crippen LogP contribution >= 0.6 is 0 Å². The average Bonchev–Trinajstić information content (AvgIpc) is 2.78. The van der Waals surface area contributed by atoms with Crippen molar-refractivity contribution < 1.29 is 19.1 Å². The number of hydrogen-bond donors (Lipinski definition) is 0. The fourth-order valence-electron chi connectivity index (χ4n) is 3.84. The molecule has 30 heavy (non-hydrogen) atoms. The van der Waals surface area contributed by atoms with Crippen molar-refractivity contribution in [2.45, 2.75) is 20.0 Å². The number of carbonyl (C=O) groups excluding carboxylic acids is 2. The third-order valence-corrected chi connectivity index (χ3v) is 5.41. The molecule has 1 aliphatic rings. The number of benzene rings is 2. The third kappa shape index (κ3) is 3.91. The van der Waals surface area contributed by atoms with E-state index in [0.717, 1.165) is 16.5 Å². The van der Waals surface area contributed by atoms with Gasteiger partial charge in [-0.2, -0.15) is 0 Å². The van der Waals surface area contributed by atoms with E-state index in [0.29, 0.717) is 43.1 Å². The maximum atomic E-state index is 13.2. The summed E-state index contributed by atoms with van der Waals surface area (Å²) in [5.41, 5.74) is 3.26. The Morgan fingerprint density at radius 1 is 1.00 bits per heavy atom. The molecule has 1 atom stereocenters. The predicted octanol–water partition coefficient (Wildman–Crippen LogP) is 3.61. The van der Waals surface area contributed by atoms with Crippen molar-refractivity contribution in [2.24, 2.45) is 0 Å². The van der Waals surface area contributed by atoms with E-state index in [4.69, 9.17) is 9.47 Å². The van der Waals surface area contributed by atoms with E-state index in [1.165, 1.54) is 0 Å². The van der Waals surface area contributed by atoms with Crippen LogP contribution in [0.3, 0.4) is 0 Å². The highest BCUT2D eigenvalue weighted by Gasteiger charge is 2.32. The Morgan fingerprint density at radius 3 is 2.40 bits per heavy atom. The first kappa shape index (κ1) is 20.0. The van der Waals surface area contributed by atoms with Gasteiger partial charge >= 0.3 is 5.97 Å². The number of morpholine rings is 1. The molecule has 2 heterocycles. The van der Waals surface area contributed by atoms with Crippen molar-refractivity contribution in [3.8, 4) is 0 Å². The van der Waals surface area contributed by atoms with Crippen molar-refractivity contribution in [1.29, 1.82) is 0 Å². The fraction of sp³-hybridized carbons (Fsp3) is 0.292. The van der Waals surface area contributed by atoms with E-state index in [-0.39, 0.29) is 5.91 Å². The summed E-state index contributed by atoms with van der Waals surface area (Å²) >= 11 is 0. The Labute approximate surface area is 175 Å². The van der Waals surface area contributed by atoms with Crippen LogP contribution < -0.4 is 0 Å². The smallest absolute Gasteiger partial charge is 0.341 e. The van der Waals surface area contributed by atoms with Crippen LogP contribution in [0.2, 0.25) is 0 Å². The number of nitrogens with zero attached hydrogens (tertiary/aromatic N) is 2. The highest BCUT2D eigenvalue weighted by Crippen LogP contribution is 2.27. The summed E-state index contributed by atoms with van der Waals surface area (Å²) in [6.45, 7) is 5.60. The lowest BCUT2D eigenvalue weighted by Gasteiger charge is -2.30. The molecule has 6 heteroatoms. The maximum Gasteiger partial charge on any atom is 0.341 e. The molecule has 1 fully saturated rings. The summed E-state index contributed by atoms with van der Waals surface area (Å²) in [6, 6.07) is 16.8. The van der Waals surface area contributed by atoms with Gasteiger partial charge < -0.3 is 14.4 Å². The minimum atomic E-state index is -1.01. The Morgan fingerprint density at radius 2 is 1.67 bits per heavy atom. The summed E-state index contributed by atoms with van der Waals surface area (Å²) in [5.74, 6) is -0.777. The molecule has 0 N–H and O–H groups in total. The number of ether oxygens (including phenoxy) is 2. The molecule has 154 valence electrons. The molecule has 1 saturated heterocycles. The van der Waals surface area contributed by atoms with Crippen LogP contribution in [0.25, 0.3) is 10.9 Å². The van der Waals surface area contributed by atoms with Gasteiger partial charge in [0.05, 0.1) is 30.0 Å². The first-order chi connectivity index (χ1) is 14.6. The Hall–Kier alpha value is -3.25. The highest BCUT2D eigenvalue weighted by atomic mass is 16.5. The van der Waals surface area contributed by atoms with Gasteiger partial charge in [0.2, 0.25) is 6.10 Å². The number of carbonyl (C=O) groups is 2. The van der Waals surface area contributed by atoms with Gasteiger partial charge in [0.15, 0.2) is 0 Å². The monoisotopic (exact) mass is 404 g/mol. The summed E-state index contributed by atoms with van der Waals surface area (Å²) in [6.07, 6.45) is -1.01. The molecule has 0 aliphatic carbocycles. The molecule has 0 bridgehead atoms. The highest BCUT2D eigenvalue weighted by molar-refractivity contribution is 5.99. The fourth-order valence-corrected chi connectivity index (χ4v) is 3.84. The molecule has 3 aromatic rings. The van der Waals surface area contributed by atoms with E-state index >= 15 is 0 Å². The van der Waals surface area contributed by atoms with E-state index < -0.39 is 12.1 Å². The predicted molar refractivity (Wildman–Crippen MR) is 113 cm³/mol. The Bertz CT molecular complexity index is 1080. The van der Waals surface area contributed by atoms with Crippen LogP contribution in [-0.2, 0) is 14.3 Å². The maximum absolute atomic E-state index is 13.2. The van der Waals surface area contributed by atoms with Crippen LogP contribution in [-0.4, -0.2) is 48.1 Å². The summed E-state index contributed by atoms with van der Waals surface area (Å²) in [4.78, 5) is 32.7. The molecule has 1 aliphatic heterocycles. The topological polar surface area (TPSA) is 68.7 Å². The molecule has 4 rings (SSSR count). The number of hydrogen-bond acceptors (Lipinski definition) is 5. The van der Waals surface area contributed by atoms with Crippen LogP contribution in [0.5, 0.6) is 0 Å². The molecule has 1 aromatic heterocycles. The number of pyridine rings is 1. The molecular weight excluding hydrogens is 380 g/mol. The van der Waals surface area contributed by atoms with E-state index in [1.54, 1.807) is 24.0 Å². The molecule has 0 saturated carbocycles. The second-order valence-corrected chi connectivity index (χ2v) is 7.35. The van der Waals surface area contributed by atoms with Crippen LogP contribution in [0.15, 0.2) is 54.6 Å². The van der Waals surface area contributed by atoms with Gasteiger partial charge in [0.25, 0.3) is 5.91 Å². The van der Waals surface area contributed by atoms with Gasteiger partial charge in [-0.25, -0.2) is 4.79 Å². The minimum Gasteiger partial charge on any atom is -0.444 e. The van der Waals surface area contributed by atoms with Crippen LogP contribution in [0.4, 0.5) is 0 Å². The largest absolute Gasteiger partial charge is 0.444 e. The number of esters is 1. The quantitative estimate of drug-likeness (QED) is 0.622. The van der Waals surface area contributed by atoms with Crippen LogP contribution in [0.1, 0.15) is 33.3 Å². The molecule has 0 radical (unpaired) electrons. The summed E-state index contributed by atoms with van der Waals surface area (Å²) < 4.78 is 11.2. The van der Waals surface area contributed by atoms with Gasteiger partial charge in [-0.05, 0) is 25.5 Å². The van der Waals surface area contributed by atoms with Crippen molar-refractivity contribution in [1.82, 2.24) is 9.88 Å². The molecular formula is C24H24N2O4. The summed E-state index contributed by atoms with van der Waals surface area (Å²) in [7, 11) is 0. The lowest BCUT2D eigenvalue weighted by Crippen LogP contribution is -2.44. The number of amides is 1. The first-order valence-corrected chi connectivity index (χ1v) is 10.0. The number of para-hydroxylation sites is 1. The molecule has 6 nitrogen and oxygen atoms in total. The van der Waals surface area contributed by atoms with Gasteiger partial charge in [-0.3, -0.25) is 9.78 Å². The first-order valence-electron chi connectivity index (χ1n) is 10.0. The summed E-state index contributed by atoms with van der Waals surface area (Å²) in [5, 5.41) is 0.894. The number of aromatic nitrogens is 1. The van der Waals surface area contributed by atoms with E-state index in [1.807, 2.05) is 49.4 Å². The van der Waals surface area contributed by atoms with E-state index in [9.17, 15) is 9.59 Å². The third-order valence-electron chi connectivity index (χ3n) is 5.41. The number of aryl methyl sites for hydroxylation is 2. The number of fused-ring (bicyclic) bond motifs is 1. The van der Waals surface area contributed by atoms with Gasteiger partial charge in [0.1, 0.15) is 0 Å². The zero-order valence-corrected chi connectivity index (χ0v) is 17.1. The van der Waals surface area contributed by atoms with E-state index in [2.05, 4.69) is 4.98 Å². The average molecular weight is 404 g/mol. The standard InChI is InChI=1S/C24H24N2O4/c1-16-19-10-6-7-11-20(19)25-17(2)21(16)24(28)30-22(18-8-4-3-5-9-18)23(27)26-12-14-29-15-13-26/h3-11,22H,12-15H2,1-2H3/t22-/m1/s1. The van der Waals surface area contributed by atoms with Crippen molar-refractivity contribution in [3.63, 3.8) is 0 Å². The normalized spacial score (nSPS) is 15.1. The molecule has 0 spiro atoms. The Kier molecular flexibility index (Phi) is 5.77. The van der Waals surface area contributed by atoms with Gasteiger partial charge in [0, 0.05) is 24.0 Å². The second-order valence-electron chi connectivity index (χ2n) is 7.35. The minimum absolute atomic E-state index is 0.234. The molecule has 1 amide bonds.